The Hall–Kier alpha value is -1.55. The number of carbonyl (C=O) groups is 2. The number of quaternary nitrogens is 1. The van der Waals surface area contributed by atoms with E-state index in [9.17, 15) is 18.0 Å². The molecule has 1 aromatic carbocycles. The van der Waals surface area contributed by atoms with Crippen molar-refractivity contribution in [2.24, 2.45) is 23.7 Å². The van der Waals surface area contributed by atoms with E-state index in [4.69, 9.17) is 0 Å². The maximum atomic E-state index is 12.8. The Morgan fingerprint density at radius 3 is 2.10 bits per heavy atom. The molecule has 7 nitrogen and oxygen atoms in total. The molecular formula is C21H25BrN3O4S+. The molecule has 0 aromatic heterocycles. The fourth-order valence-electron chi connectivity index (χ4n) is 5.50. The Bertz CT molecular complexity index is 972. The predicted octanol–water partition coefficient (Wildman–Crippen LogP) is 0.145. The summed E-state index contributed by atoms with van der Waals surface area (Å²) in [5.41, 5.74) is 0. The zero-order chi connectivity index (χ0) is 21.0. The quantitative estimate of drug-likeness (QED) is 0.466. The Balaban J connectivity index is 1.16. The van der Waals surface area contributed by atoms with Crippen molar-refractivity contribution in [3.8, 4) is 0 Å². The second kappa shape index (κ2) is 7.55. The zero-order valence-corrected chi connectivity index (χ0v) is 18.9. The molecule has 2 bridgehead atoms. The Kier molecular flexibility index (Phi) is 5.12. The van der Waals surface area contributed by atoms with E-state index in [0.717, 1.165) is 10.9 Å². The number of carbonyl (C=O) groups excluding carboxylic acids is 2. The van der Waals surface area contributed by atoms with E-state index < -0.39 is 10.0 Å². The van der Waals surface area contributed by atoms with Gasteiger partial charge in [0.25, 0.3) is 0 Å². The van der Waals surface area contributed by atoms with Crippen LogP contribution in [0.3, 0.4) is 0 Å². The minimum atomic E-state index is -3.49. The second-order valence-corrected chi connectivity index (χ2v) is 11.5. The van der Waals surface area contributed by atoms with Crippen molar-refractivity contribution in [1.29, 1.82) is 0 Å². The summed E-state index contributed by atoms with van der Waals surface area (Å²) in [6.07, 6.45) is 5.16. The number of halogens is 1. The van der Waals surface area contributed by atoms with Crippen LogP contribution in [0.4, 0.5) is 0 Å². The van der Waals surface area contributed by atoms with Gasteiger partial charge in [0.1, 0.15) is 0 Å². The highest BCUT2D eigenvalue weighted by Crippen LogP contribution is 2.52. The van der Waals surface area contributed by atoms with Gasteiger partial charge in [-0.1, -0.05) is 28.1 Å². The molecule has 0 unspecified atom stereocenters. The average Bonchev–Trinajstić information content (AvgIpc) is 3.42. The van der Waals surface area contributed by atoms with Crippen LogP contribution in [0.1, 0.15) is 6.42 Å². The number of likely N-dealkylation sites (tertiary alicyclic amines) is 1. The molecule has 160 valence electrons. The van der Waals surface area contributed by atoms with E-state index in [1.807, 2.05) is 0 Å². The number of piperazine rings is 1. The lowest BCUT2D eigenvalue weighted by Crippen LogP contribution is -3.15. The molecule has 1 aromatic rings. The first-order valence-corrected chi connectivity index (χ1v) is 12.7. The smallest absolute Gasteiger partial charge is 0.243 e. The van der Waals surface area contributed by atoms with Crippen molar-refractivity contribution in [2.45, 2.75) is 11.3 Å². The number of hydrogen-bond donors (Lipinski definition) is 1. The van der Waals surface area contributed by atoms with Gasteiger partial charge in [0.15, 0.2) is 0 Å². The molecule has 2 saturated heterocycles. The van der Waals surface area contributed by atoms with Crippen molar-refractivity contribution in [1.82, 2.24) is 9.21 Å². The molecule has 9 heteroatoms. The first kappa shape index (κ1) is 20.4. The molecule has 4 aliphatic rings. The summed E-state index contributed by atoms with van der Waals surface area (Å²) in [6.45, 7) is 3.33. The summed E-state index contributed by atoms with van der Waals surface area (Å²) in [7, 11) is -3.49. The summed E-state index contributed by atoms with van der Waals surface area (Å²) in [5.74, 6) is 0.184. The molecule has 4 atom stereocenters. The number of fused-ring (bicyclic) bond motifs is 5. The summed E-state index contributed by atoms with van der Waals surface area (Å²) in [4.78, 5) is 28.6. The van der Waals surface area contributed by atoms with Crippen LogP contribution in [0.25, 0.3) is 0 Å². The second-order valence-electron chi connectivity index (χ2n) is 8.69. The maximum Gasteiger partial charge on any atom is 0.243 e. The van der Waals surface area contributed by atoms with Crippen LogP contribution in [0, 0.1) is 23.7 Å². The lowest BCUT2D eigenvalue weighted by molar-refractivity contribution is -0.902. The fourth-order valence-corrected chi connectivity index (χ4v) is 7.21. The molecule has 2 aliphatic carbocycles. The van der Waals surface area contributed by atoms with E-state index >= 15 is 0 Å². The molecule has 2 amide bonds. The van der Waals surface area contributed by atoms with Crippen LogP contribution in [-0.2, 0) is 19.6 Å². The summed E-state index contributed by atoms with van der Waals surface area (Å²) in [5, 5.41) is 0. The molecule has 30 heavy (non-hydrogen) atoms. The van der Waals surface area contributed by atoms with Crippen LogP contribution < -0.4 is 4.90 Å². The molecule has 2 aliphatic heterocycles. The van der Waals surface area contributed by atoms with Gasteiger partial charge >= 0.3 is 0 Å². The van der Waals surface area contributed by atoms with Crippen molar-refractivity contribution >= 4 is 37.8 Å². The van der Waals surface area contributed by atoms with Gasteiger partial charge < -0.3 is 4.90 Å². The molecule has 1 saturated carbocycles. The van der Waals surface area contributed by atoms with Gasteiger partial charge in [-0.15, -0.1) is 0 Å². The highest BCUT2D eigenvalue weighted by molar-refractivity contribution is 9.10. The molecule has 2 heterocycles. The van der Waals surface area contributed by atoms with Crippen LogP contribution in [0.2, 0.25) is 0 Å². The molecular weight excluding hydrogens is 470 g/mol. The third-order valence-corrected chi connectivity index (χ3v) is 9.57. The number of nitrogens with one attached hydrogen (secondary N) is 1. The van der Waals surface area contributed by atoms with Gasteiger partial charge in [-0.2, -0.15) is 4.31 Å². The van der Waals surface area contributed by atoms with Gasteiger partial charge in [0.2, 0.25) is 21.8 Å². The number of amides is 2. The van der Waals surface area contributed by atoms with Crippen molar-refractivity contribution in [3.63, 3.8) is 0 Å². The predicted molar refractivity (Wildman–Crippen MR) is 113 cm³/mol. The van der Waals surface area contributed by atoms with Crippen molar-refractivity contribution < 1.29 is 22.9 Å². The Labute approximate surface area is 184 Å². The average molecular weight is 495 g/mol. The van der Waals surface area contributed by atoms with E-state index in [1.165, 1.54) is 14.1 Å². The van der Waals surface area contributed by atoms with Gasteiger partial charge in [0, 0.05) is 4.47 Å². The number of allylic oxidation sites excluding steroid dienone is 2. The summed E-state index contributed by atoms with van der Waals surface area (Å²) in [6, 6.07) is 6.69. The van der Waals surface area contributed by atoms with Gasteiger partial charge in [-0.25, -0.2) is 8.42 Å². The number of imide groups is 1. The van der Waals surface area contributed by atoms with Crippen molar-refractivity contribution in [3.05, 3.63) is 40.9 Å². The molecule has 0 radical (unpaired) electrons. The maximum absolute atomic E-state index is 12.8. The van der Waals surface area contributed by atoms with Gasteiger partial charge in [0.05, 0.1) is 56.0 Å². The molecule has 5 rings (SSSR count). The van der Waals surface area contributed by atoms with Crippen LogP contribution >= 0.6 is 15.9 Å². The van der Waals surface area contributed by atoms with Crippen LogP contribution in [0.15, 0.2) is 45.8 Å². The first-order valence-electron chi connectivity index (χ1n) is 10.5. The monoisotopic (exact) mass is 494 g/mol. The number of hydrogen-bond acceptors (Lipinski definition) is 4. The normalized spacial score (nSPS) is 31.7. The molecule has 0 spiro atoms. The number of benzene rings is 1. The number of rotatable bonds is 5. The molecule has 1 N–H and O–H groups in total. The SMILES string of the molecule is O=C1[C@@H]2[C@H](C(=O)N1CC[NH+]1CCN(S(=O)(=O)c3ccc(Br)cc3)CC1)[C@H]1C=C[C@@H]2C1. The third-order valence-electron chi connectivity index (χ3n) is 7.13. The van der Waals surface area contributed by atoms with Crippen LogP contribution in [0.5, 0.6) is 0 Å². The van der Waals surface area contributed by atoms with E-state index in [-0.39, 0.29) is 35.5 Å². The van der Waals surface area contributed by atoms with Gasteiger partial charge in [-0.3, -0.25) is 14.5 Å². The van der Waals surface area contributed by atoms with Gasteiger partial charge in [-0.05, 0) is 42.5 Å². The summed E-state index contributed by atoms with van der Waals surface area (Å²) >= 11 is 3.33. The highest BCUT2D eigenvalue weighted by atomic mass is 79.9. The van der Waals surface area contributed by atoms with E-state index in [1.54, 1.807) is 24.3 Å². The highest BCUT2D eigenvalue weighted by Gasteiger charge is 2.59. The zero-order valence-electron chi connectivity index (χ0n) is 16.5. The first-order chi connectivity index (χ1) is 14.4. The van der Waals surface area contributed by atoms with E-state index in [0.29, 0.717) is 44.2 Å². The fraction of sp³-hybridized carbons (Fsp3) is 0.524. The number of sulfonamides is 1. The largest absolute Gasteiger partial charge is 0.331 e. The number of nitrogens with zero attached hydrogens (tertiary/aromatic N) is 2. The van der Waals surface area contributed by atoms with E-state index in [2.05, 4.69) is 28.1 Å². The minimum absolute atomic E-state index is 0.00213. The third kappa shape index (κ3) is 3.26. The topological polar surface area (TPSA) is 79.2 Å². The minimum Gasteiger partial charge on any atom is -0.331 e. The summed E-state index contributed by atoms with van der Waals surface area (Å²) < 4.78 is 28.0. The van der Waals surface area contributed by atoms with Crippen molar-refractivity contribution in [2.75, 3.05) is 39.3 Å². The lowest BCUT2D eigenvalue weighted by atomic mass is 9.85. The molecule has 3 fully saturated rings. The Morgan fingerprint density at radius 1 is 0.967 bits per heavy atom. The standard InChI is InChI=1S/C21H24BrN3O4S/c22-16-3-5-17(6-4-16)30(28,29)24-10-7-23(8-11-24)9-12-25-20(26)18-14-1-2-15(13-14)19(18)21(25)27/h1-6,14-15,18-19H,7-13H2/p+1/t14-,15+,18+,19-. The van der Waals surface area contributed by atoms with Crippen LogP contribution in [-0.4, -0.2) is 68.7 Å². The lowest BCUT2D eigenvalue weighted by Gasteiger charge is -2.32. The Morgan fingerprint density at radius 2 is 1.53 bits per heavy atom.